The van der Waals surface area contributed by atoms with Gasteiger partial charge in [0.2, 0.25) is 0 Å². The monoisotopic (exact) mass is 157 g/mol. The zero-order valence-corrected chi connectivity index (χ0v) is 7.26. The molecule has 11 heavy (non-hydrogen) atoms. The van der Waals surface area contributed by atoms with Crippen LogP contribution in [0.2, 0.25) is 0 Å². The van der Waals surface area contributed by atoms with E-state index in [4.69, 9.17) is 5.21 Å². The predicted octanol–water partition coefficient (Wildman–Crippen LogP) is 0.0877. The molecule has 0 amide bonds. The minimum absolute atomic E-state index is 0.207. The highest BCUT2D eigenvalue weighted by Crippen LogP contribution is 2.11. The summed E-state index contributed by atoms with van der Waals surface area (Å²) in [5, 5.41) is 15.2. The molecule has 0 spiro atoms. The Morgan fingerprint density at radius 1 is 1.64 bits per heavy atom. The van der Waals surface area contributed by atoms with Gasteiger partial charge in [0.1, 0.15) is 0 Å². The Kier molecular flexibility index (Phi) is 2.04. The Hall–Kier alpha value is -0.770. The SMILES string of the molecule is CN1CCNC(C)(C)/C1=N\O. The molecular weight excluding hydrogens is 142 g/mol. The standard InChI is InChI=1S/C7H15N3O/c1-7(2)6(9-11)10(3)5-4-8-7/h8,11H,4-5H2,1-3H3/b9-6+. The molecule has 0 unspecified atom stereocenters. The Bertz CT molecular complexity index is 177. The van der Waals surface area contributed by atoms with Crippen molar-refractivity contribution in [3.63, 3.8) is 0 Å². The van der Waals surface area contributed by atoms with Crippen molar-refractivity contribution in [3.8, 4) is 0 Å². The summed E-state index contributed by atoms with van der Waals surface area (Å²) in [4.78, 5) is 1.95. The summed E-state index contributed by atoms with van der Waals surface area (Å²) in [6, 6.07) is 0. The molecule has 0 aromatic heterocycles. The molecule has 4 heteroatoms. The Labute approximate surface area is 66.9 Å². The molecule has 0 aromatic carbocycles. The molecule has 0 radical (unpaired) electrons. The average molecular weight is 157 g/mol. The Morgan fingerprint density at radius 3 is 2.64 bits per heavy atom. The summed E-state index contributed by atoms with van der Waals surface area (Å²) in [7, 11) is 1.93. The van der Waals surface area contributed by atoms with Gasteiger partial charge in [0.25, 0.3) is 0 Å². The third-order valence-corrected chi connectivity index (χ3v) is 2.03. The molecule has 0 aromatic rings. The van der Waals surface area contributed by atoms with Gasteiger partial charge in [-0.2, -0.15) is 0 Å². The lowest BCUT2D eigenvalue weighted by molar-refractivity contribution is 0.273. The smallest absolute Gasteiger partial charge is 0.163 e. The van der Waals surface area contributed by atoms with Crippen LogP contribution in [0.15, 0.2) is 5.16 Å². The molecule has 1 rings (SSSR count). The van der Waals surface area contributed by atoms with E-state index in [2.05, 4.69) is 10.5 Å². The molecule has 4 nitrogen and oxygen atoms in total. The van der Waals surface area contributed by atoms with Crippen molar-refractivity contribution in [1.29, 1.82) is 0 Å². The maximum absolute atomic E-state index is 8.70. The zero-order chi connectivity index (χ0) is 8.48. The Morgan fingerprint density at radius 2 is 2.27 bits per heavy atom. The summed E-state index contributed by atoms with van der Waals surface area (Å²) in [6.07, 6.45) is 0. The fourth-order valence-corrected chi connectivity index (χ4v) is 1.40. The molecule has 0 aliphatic carbocycles. The van der Waals surface area contributed by atoms with E-state index in [1.54, 1.807) is 0 Å². The predicted molar refractivity (Wildman–Crippen MR) is 43.9 cm³/mol. The molecule has 1 saturated heterocycles. The number of nitrogens with one attached hydrogen (secondary N) is 1. The molecule has 1 aliphatic heterocycles. The van der Waals surface area contributed by atoms with Crippen LogP contribution >= 0.6 is 0 Å². The normalized spacial score (nSPS) is 27.5. The molecule has 64 valence electrons. The second kappa shape index (κ2) is 2.70. The van der Waals surface area contributed by atoms with Crippen LogP contribution in [0.5, 0.6) is 0 Å². The molecule has 1 heterocycles. The summed E-state index contributed by atoms with van der Waals surface area (Å²) < 4.78 is 0. The Balaban J connectivity index is 2.82. The maximum Gasteiger partial charge on any atom is 0.163 e. The number of likely N-dealkylation sites (N-methyl/N-ethyl adjacent to an activating group) is 1. The third-order valence-electron chi connectivity index (χ3n) is 2.03. The third kappa shape index (κ3) is 1.45. The van der Waals surface area contributed by atoms with Crippen LogP contribution in [0.1, 0.15) is 13.8 Å². The van der Waals surface area contributed by atoms with Gasteiger partial charge in [-0.25, -0.2) is 0 Å². The number of rotatable bonds is 0. The lowest BCUT2D eigenvalue weighted by Crippen LogP contribution is -2.60. The number of oxime groups is 1. The van der Waals surface area contributed by atoms with Gasteiger partial charge < -0.3 is 15.4 Å². The topological polar surface area (TPSA) is 47.9 Å². The van der Waals surface area contributed by atoms with Crippen molar-refractivity contribution < 1.29 is 5.21 Å². The van der Waals surface area contributed by atoms with Gasteiger partial charge in [0.15, 0.2) is 5.84 Å². The summed E-state index contributed by atoms with van der Waals surface area (Å²) in [5.41, 5.74) is -0.207. The minimum atomic E-state index is -0.207. The van der Waals surface area contributed by atoms with Gasteiger partial charge >= 0.3 is 0 Å². The van der Waals surface area contributed by atoms with Crippen molar-refractivity contribution in [3.05, 3.63) is 0 Å². The number of hydrogen-bond donors (Lipinski definition) is 2. The van der Waals surface area contributed by atoms with Gasteiger partial charge in [-0.1, -0.05) is 5.16 Å². The minimum Gasteiger partial charge on any atom is -0.409 e. The first-order valence-electron chi connectivity index (χ1n) is 3.76. The number of amidine groups is 1. The van der Waals surface area contributed by atoms with Gasteiger partial charge in [0.05, 0.1) is 5.54 Å². The van der Waals surface area contributed by atoms with Crippen LogP contribution in [-0.4, -0.2) is 41.6 Å². The largest absolute Gasteiger partial charge is 0.409 e. The van der Waals surface area contributed by atoms with E-state index < -0.39 is 0 Å². The molecule has 0 atom stereocenters. The van der Waals surface area contributed by atoms with Crippen LogP contribution in [0, 0.1) is 0 Å². The molecular formula is C7H15N3O. The first kappa shape index (κ1) is 8.33. The molecule has 1 aliphatic rings. The molecule has 2 N–H and O–H groups in total. The number of nitrogens with zero attached hydrogens (tertiary/aromatic N) is 2. The fourth-order valence-electron chi connectivity index (χ4n) is 1.40. The van der Waals surface area contributed by atoms with E-state index >= 15 is 0 Å². The lowest BCUT2D eigenvalue weighted by atomic mass is 10.0. The van der Waals surface area contributed by atoms with Crippen molar-refractivity contribution >= 4 is 5.84 Å². The highest BCUT2D eigenvalue weighted by Gasteiger charge is 2.31. The van der Waals surface area contributed by atoms with Crippen LogP contribution < -0.4 is 5.32 Å². The van der Waals surface area contributed by atoms with Crippen LogP contribution in [0.4, 0.5) is 0 Å². The van der Waals surface area contributed by atoms with Crippen molar-refractivity contribution in [2.45, 2.75) is 19.4 Å². The summed E-state index contributed by atoms with van der Waals surface area (Å²) in [6.45, 7) is 5.82. The lowest BCUT2D eigenvalue weighted by Gasteiger charge is -2.38. The molecule has 0 saturated carbocycles. The maximum atomic E-state index is 8.70. The van der Waals surface area contributed by atoms with Gasteiger partial charge in [-0.05, 0) is 13.8 Å². The van der Waals surface area contributed by atoms with Gasteiger partial charge in [-0.3, -0.25) is 0 Å². The highest BCUT2D eigenvalue weighted by atomic mass is 16.4. The van der Waals surface area contributed by atoms with E-state index in [1.165, 1.54) is 0 Å². The van der Waals surface area contributed by atoms with E-state index in [0.717, 1.165) is 13.1 Å². The van der Waals surface area contributed by atoms with E-state index in [9.17, 15) is 0 Å². The first-order valence-corrected chi connectivity index (χ1v) is 3.76. The first-order chi connectivity index (χ1) is 5.08. The van der Waals surface area contributed by atoms with E-state index in [-0.39, 0.29) is 5.54 Å². The molecule has 1 fully saturated rings. The number of hydrogen-bond acceptors (Lipinski definition) is 3. The van der Waals surface area contributed by atoms with E-state index in [0.29, 0.717) is 5.84 Å². The van der Waals surface area contributed by atoms with Crippen molar-refractivity contribution in [1.82, 2.24) is 10.2 Å². The highest BCUT2D eigenvalue weighted by molar-refractivity contribution is 5.90. The average Bonchev–Trinajstić information content (AvgIpc) is 1.86. The van der Waals surface area contributed by atoms with Crippen molar-refractivity contribution in [2.24, 2.45) is 5.16 Å². The van der Waals surface area contributed by atoms with Crippen molar-refractivity contribution in [2.75, 3.05) is 20.1 Å². The second-order valence-electron chi connectivity index (χ2n) is 3.40. The summed E-state index contributed by atoms with van der Waals surface area (Å²) >= 11 is 0. The van der Waals surface area contributed by atoms with Gasteiger partial charge in [0, 0.05) is 20.1 Å². The quantitative estimate of drug-likeness (QED) is 0.387. The molecule has 0 bridgehead atoms. The summed E-state index contributed by atoms with van der Waals surface area (Å²) in [5.74, 6) is 0.698. The second-order valence-corrected chi connectivity index (χ2v) is 3.40. The van der Waals surface area contributed by atoms with Gasteiger partial charge in [-0.15, -0.1) is 0 Å². The number of piperazine rings is 1. The zero-order valence-electron chi connectivity index (χ0n) is 7.26. The van der Waals surface area contributed by atoms with E-state index in [1.807, 2.05) is 25.8 Å². The van der Waals surface area contributed by atoms with Crippen LogP contribution in [0.25, 0.3) is 0 Å². The van der Waals surface area contributed by atoms with Crippen LogP contribution in [0.3, 0.4) is 0 Å². The van der Waals surface area contributed by atoms with Crippen LogP contribution in [-0.2, 0) is 0 Å². The fraction of sp³-hybridized carbons (Fsp3) is 0.857.